The number of ether oxygens (including phenoxy) is 1. The highest BCUT2D eigenvalue weighted by atomic mass is 79.9. The lowest BCUT2D eigenvalue weighted by Gasteiger charge is -2.29. The Morgan fingerprint density at radius 1 is 1.30 bits per heavy atom. The van der Waals surface area contributed by atoms with Gasteiger partial charge in [0.15, 0.2) is 0 Å². The summed E-state index contributed by atoms with van der Waals surface area (Å²) in [4.78, 5) is 15.9. The second-order valence-electron chi connectivity index (χ2n) is 5.01. The van der Waals surface area contributed by atoms with E-state index in [1.807, 2.05) is 0 Å². The third-order valence-electron chi connectivity index (χ3n) is 3.31. The van der Waals surface area contributed by atoms with Crippen LogP contribution in [0.3, 0.4) is 0 Å². The minimum absolute atomic E-state index is 0.0627. The molecule has 1 atom stereocenters. The maximum absolute atomic E-state index is 13.3. The van der Waals surface area contributed by atoms with Crippen LogP contribution >= 0.6 is 15.9 Å². The predicted octanol–water partition coefficient (Wildman–Crippen LogP) is 3.36. The number of hydrogen-bond acceptors (Lipinski definition) is 4. The van der Waals surface area contributed by atoms with Crippen molar-refractivity contribution in [3.63, 3.8) is 0 Å². The molecule has 0 spiro atoms. The fourth-order valence-electron chi connectivity index (χ4n) is 2.07. The maximum atomic E-state index is 13.3. The Labute approximate surface area is 139 Å². The summed E-state index contributed by atoms with van der Waals surface area (Å²) in [6.07, 6.45) is -5.74. The smallest absolute Gasteiger partial charge is 0.417 e. The first-order valence-electron chi connectivity index (χ1n) is 6.75. The number of pyridine rings is 1. The number of esters is 1. The van der Waals surface area contributed by atoms with Crippen LogP contribution < -0.4 is 5.73 Å². The van der Waals surface area contributed by atoms with Crippen LogP contribution in [-0.4, -0.2) is 29.3 Å². The Kier molecular flexibility index (Phi) is 4.95. The number of halogens is 4. The van der Waals surface area contributed by atoms with E-state index in [0.717, 1.165) is 9.86 Å². The summed E-state index contributed by atoms with van der Waals surface area (Å²) in [6.45, 7) is 1.23. The molecule has 23 heavy (non-hydrogen) atoms. The van der Waals surface area contributed by atoms with Crippen LogP contribution in [0.1, 0.15) is 12.6 Å². The van der Waals surface area contributed by atoms with Gasteiger partial charge in [-0.2, -0.15) is 13.2 Å². The van der Waals surface area contributed by atoms with Crippen LogP contribution in [0, 0.1) is 0 Å². The van der Waals surface area contributed by atoms with Crippen LogP contribution in [0.15, 0.2) is 34.8 Å². The Bertz CT molecular complexity index is 736. The van der Waals surface area contributed by atoms with Crippen LogP contribution in [-0.2, 0) is 16.0 Å². The minimum Gasteiger partial charge on any atom is -0.464 e. The van der Waals surface area contributed by atoms with Gasteiger partial charge in [0.25, 0.3) is 0 Å². The van der Waals surface area contributed by atoms with Crippen LogP contribution in [0.2, 0.25) is 0 Å². The van der Waals surface area contributed by atoms with Crippen molar-refractivity contribution in [2.75, 3.05) is 6.61 Å². The molecule has 0 radical (unpaired) electrons. The molecule has 0 unspecified atom stereocenters. The fourth-order valence-corrected chi connectivity index (χ4v) is 2.45. The van der Waals surface area contributed by atoms with Crippen molar-refractivity contribution in [2.24, 2.45) is 5.73 Å². The van der Waals surface area contributed by atoms with E-state index in [0.29, 0.717) is 5.52 Å². The summed E-state index contributed by atoms with van der Waals surface area (Å²) in [5.74, 6) is -1.51. The van der Waals surface area contributed by atoms with Gasteiger partial charge >= 0.3 is 12.1 Å². The van der Waals surface area contributed by atoms with Gasteiger partial charge in [-0.3, -0.25) is 4.98 Å². The summed E-state index contributed by atoms with van der Waals surface area (Å²) >= 11 is 3.30. The molecule has 0 aliphatic rings. The van der Waals surface area contributed by atoms with Gasteiger partial charge in [0.1, 0.15) is 0 Å². The zero-order chi connectivity index (χ0) is 17.3. The van der Waals surface area contributed by atoms with Crippen LogP contribution in [0.25, 0.3) is 10.9 Å². The summed E-state index contributed by atoms with van der Waals surface area (Å²) in [5, 5.41) is 0.758. The molecule has 0 aliphatic carbocycles. The molecule has 1 aromatic carbocycles. The third kappa shape index (κ3) is 3.64. The Morgan fingerprint density at radius 3 is 2.61 bits per heavy atom. The van der Waals surface area contributed by atoms with Crippen molar-refractivity contribution < 1.29 is 22.7 Å². The van der Waals surface area contributed by atoms with Gasteiger partial charge in [-0.05, 0) is 31.2 Å². The minimum atomic E-state index is -4.95. The van der Waals surface area contributed by atoms with E-state index in [1.165, 1.54) is 13.0 Å². The summed E-state index contributed by atoms with van der Waals surface area (Å²) in [6, 6.07) is 8.23. The highest BCUT2D eigenvalue weighted by Gasteiger charge is 2.59. The number of nitrogens with zero attached hydrogens (tertiary/aromatic N) is 1. The quantitative estimate of drug-likeness (QED) is 0.812. The van der Waals surface area contributed by atoms with Gasteiger partial charge in [0.05, 0.1) is 12.1 Å². The Hall–Kier alpha value is -1.67. The largest absolute Gasteiger partial charge is 0.464 e. The van der Waals surface area contributed by atoms with Crippen molar-refractivity contribution in [3.05, 3.63) is 40.5 Å². The summed E-state index contributed by atoms with van der Waals surface area (Å²) < 4.78 is 45.1. The van der Waals surface area contributed by atoms with Gasteiger partial charge < -0.3 is 10.5 Å². The first kappa shape index (κ1) is 17.7. The molecule has 1 aromatic heterocycles. The molecule has 124 valence electrons. The molecule has 0 fully saturated rings. The summed E-state index contributed by atoms with van der Waals surface area (Å²) in [7, 11) is 0. The lowest BCUT2D eigenvalue weighted by atomic mass is 9.93. The van der Waals surface area contributed by atoms with Crippen LogP contribution in [0.5, 0.6) is 0 Å². The molecule has 0 amide bonds. The highest BCUT2D eigenvalue weighted by Crippen LogP contribution is 2.32. The molecule has 0 saturated heterocycles. The molecule has 0 saturated carbocycles. The van der Waals surface area contributed by atoms with Crippen LogP contribution in [0.4, 0.5) is 13.2 Å². The number of carbonyl (C=O) groups is 1. The van der Waals surface area contributed by atoms with E-state index in [1.54, 1.807) is 24.3 Å². The third-order valence-corrected chi connectivity index (χ3v) is 3.81. The molecular formula is C15H14BrF3N2O2. The number of fused-ring (bicyclic) bond motifs is 1. The van der Waals surface area contributed by atoms with Crippen molar-refractivity contribution in [3.8, 4) is 0 Å². The lowest BCUT2D eigenvalue weighted by Crippen LogP contribution is -2.61. The normalized spacial score (nSPS) is 14.5. The molecule has 2 rings (SSSR count). The van der Waals surface area contributed by atoms with E-state index in [-0.39, 0.29) is 12.3 Å². The first-order valence-corrected chi connectivity index (χ1v) is 7.54. The zero-order valence-electron chi connectivity index (χ0n) is 12.2. The SMILES string of the molecule is CCOC(=O)[C@](N)(Cc1ccc2cc(Br)ccc2n1)C(F)(F)F. The lowest BCUT2D eigenvalue weighted by molar-refractivity contribution is -0.205. The Balaban J connectivity index is 2.40. The highest BCUT2D eigenvalue weighted by molar-refractivity contribution is 9.10. The van der Waals surface area contributed by atoms with Gasteiger partial charge in [0, 0.05) is 22.0 Å². The van der Waals surface area contributed by atoms with Crippen molar-refractivity contribution >= 4 is 32.8 Å². The van der Waals surface area contributed by atoms with Gasteiger partial charge in [-0.25, -0.2) is 4.79 Å². The average Bonchev–Trinajstić information content (AvgIpc) is 2.46. The maximum Gasteiger partial charge on any atom is 0.417 e. The standard InChI is InChI=1S/C15H14BrF3N2O2/c1-2-23-13(22)14(20,15(17,18)19)8-11-5-3-9-7-10(16)4-6-12(9)21-11/h3-7H,2,8,20H2,1H3/t14-/m1/s1. The molecule has 8 heteroatoms. The zero-order valence-corrected chi connectivity index (χ0v) is 13.7. The number of aromatic nitrogens is 1. The first-order chi connectivity index (χ1) is 10.7. The van der Waals surface area contributed by atoms with Gasteiger partial charge in [-0.15, -0.1) is 0 Å². The van der Waals surface area contributed by atoms with E-state index < -0.39 is 24.1 Å². The van der Waals surface area contributed by atoms with Gasteiger partial charge in [0.2, 0.25) is 5.54 Å². The molecule has 0 bridgehead atoms. The topological polar surface area (TPSA) is 65.2 Å². The number of nitrogens with two attached hydrogens (primary N) is 1. The van der Waals surface area contributed by atoms with Crippen molar-refractivity contribution in [1.29, 1.82) is 0 Å². The second kappa shape index (κ2) is 6.45. The molecule has 2 aromatic rings. The average molecular weight is 391 g/mol. The fraction of sp³-hybridized carbons (Fsp3) is 0.333. The monoisotopic (exact) mass is 390 g/mol. The van der Waals surface area contributed by atoms with Gasteiger partial charge in [-0.1, -0.05) is 22.0 Å². The number of rotatable bonds is 4. The number of alkyl halides is 3. The second-order valence-corrected chi connectivity index (χ2v) is 5.92. The molecule has 1 heterocycles. The van der Waals surface area contributed by atoms with E-state index in [2.05, 4.69) is 25.7 Å². The van der Waals surface area contributed by atoms with E-state index >= 15 is 0 Å². The molecular weight excluding hydrogens is 377 g/mol. The van der Waals surface area contributed by atoms with E-state index in [4.69, 9.17) is 5.73 Å². The Morgan fingerprint density at radius 2 is 2.00 bits per heavy atom. The molecule has 0 aliphatic heterocycles. The van der Waals surface area contributed by atoms with Crippen molar-refractivity contribution in [1.82, 2.24) is 4.98 Å². The number of carbonyl (C=O) groups excluding carboxylic acids is 1. The molecule has 2 N–H and O–H groups in total. The van der Waals surface area contributed by atoms with Crippen molar-refractivity contribution in [2.45, 2.75) is 25.1 Å². The summed E-state index contributed by atoms with van der Waals surface area (Å²) in [5.41, 5.74) is 2.81. The molecule has 4 nitrogen and oxygen atoms in total. The number of benzene rings is 1. The van der Waals surface area contributed by atoms with E-state index in [9.17, 15) is 18.0 Å². The number of hydrogen-bond donors (Lipinski definition) is 1. The predicted molar refractivity (Wildman–Crippen MR) is 82.8 cm³/mol.